The molecule has 0 aliphatic carbocycles. The summed E-state index contributed by atoms with van der Waals surface area (Å²) in [4.78, 5) is 0.196. The summed E-state index contributed by atoms with van der Waals surface area (Å²) in [5.74, 6) is 0. The molecule has 2 aromatic carbocycles. The standard InChI is InChI=1S/C17H16ClNO2S/c1-4-11-19(15-8-7-14(3)17(18)12-15)22(20,21)16-9-5-13(2)6-10-16/h5-12H,1H2,2-3H3. The van der Waals surface area contributed by atoms with Crippen molar-refractivity contribution in [3.63, 3.8) is 0 Å². The van der Waals surface area contributed by atoms with Gasteiger partial charge >= 0.3 is 0 Å². The van der Waals surface area contributed by atoms with Gasteiger partial charge in [0.05, 0.1) is 16.8 Å². The summed E-state index contributed by atoms with van der Waals surface area (Å²) < 4.78 is 26.7. The van der Waals surface area contributed by atoms with Crippen LogP contribution in [-0.2, 0) is 10.0 Å². The lowest BCUT2D eigenvalue weighted by molar-refractivity contribution is 0.596. The topological polar surface area (TPSA) is 37.4 Å². The van der Waals surface area contributed by atoms with E-state index in [1.165, 1.54) is 6.20 Å². The Labute approximate surface area is 136 Å². The highest BCUT2D eigenvalue weighted by Crippen LogP contribution is 2.28. The predicted molar refractivity (Wildman–Crippen MR) is 90.7 cm³/mol. The molecule has 0 aromatic heterocycles. The molecule has 0 N–H and O–H groups in total. The van der Waals surface area contributed by atoms with E-state index < -0.39 is 10.0 Å². The van der Waals surface area contributed by atoms with Crippen molar-refractivity contribution in [1.29, 1.82) is 0 Å². The van der Waals surface area contributed by atoms with E-state index >= 15 is 0 Å². The van der Waals surface area contributed by atoms with E-state index in [0.29, 0.717) is 10.7 Å². The normalized spacial score (nSPS) is 10.9. The molecule has 2 aromatic rings. The number of rotatable bonds is 4. The Kier molecular flexibility index (Phi) is 4.77. The van der Waals surface area contributed by atoms with E-state index in [2.05, 4.69) is 12.3 Å². The Morgan fingerprint density at radius 3 is 2.32 bits per heavy atom. The SMILES string of the molecule is C=C=CN(c1ccc(C)c(Cl)c1)S(=O)(=O)c1ccc(C)cc1. The molecule has 0 aliphatic heterocycles. The number of anilines is 1. The molecule has 0 unspecified atom stereocenters. The van der Waals surface area contributed by atoms with Crippen LogP contribution in [-0.4, -0.2) is 8.42 Å². The zero-order valence-corrected chi connectivity index (χ0v) is 13.9. The molecule has 0 atom stereocenters. The van der Waals surface area contributed by atoms with Crippen LogP contribution in [0.1, 0.15) is 11.1 Å². The van der Waals surface area contributed by atoms with Crippen molar-refractivity contribution in [1.82, 2.24) is 0 Å². The highest BCUT2D eigenvalue weighted by atomic mass is 35.5. The zero-order chi connectivity index (χ0) is 16.3. The van der Waals surface area contributed by atoms with E-state index in [1.807, 2.05) is 13.8 Å². The van der Waals surface area contributed by atoms with Crippen LogP contribution in [0.4, 0.5) is 5.69 Å². The number of nitrogens with zero attached hydrogens (tertiary/aromatic N) is 1. The van der Waals surface area contributed by atoms with Gasteiger partial charge in [0.15, 0.2) is 0 Å². The highest BCUT2D eigenvalue weighted by Gasteiger charge is 2.23. The minimum atomic E-state index is -3.75. The lowest BCUT2D eigenvalue weighted by Gasteiger charge is -2.20. The summed E-state index contributed by atoms with van der Waals surface area (Å²) in [5, 5.41) is 0.499. The Balaban J connectivity index is 2.57. The third-order valence-electron chi connectivity index (χ3n) is 3.20. The van der Waals surface area contributed by atoms with Gasteiger partial charge in [-0.05, 0) is 43.7 Å². The van der Waals surface area contributed by atoms with Gasteiger partial charge in [-0.3, -0.25) is 0 Å². The molecule has 0 bridgehead atoms. The van der Waals surface area contributed by atoms with Gasteiger partial charge < -0.3 is 0 Å². The minimum absolute atomic E-state index is 0.196. The average Bonchev–Trinajstić information content (AvgIpc) is 2.48. The van der Waals surface area contributed by atoms with Crippen molar-refractivity contribution in [3.8, 4) is 0 Å². The molecule has 0 aliphatic rings. The average molecular weight is 334 g/mol. The van der Waals surface area contributed by atoms with Crippen LogP contribution in [0.15, 0.2) is 65.9 Å². The van der Waals surface area contributed by atoms with Crippen molar-refractivity contribution < 1.29 is 8.42 Å². The van der Waals surface area contributed by atoms with Crippen LogP contribution in [0.3, 0.4) is 0 Å². The molecule has 3 nitrogen and oxygen atoms in total. The number of aryl methyl sites for hydroxylation is 2. The molecule has 114 valence electrons. The third kappa shape index (κ3) is 3.25. The molecule has 0 amide bonds. The molecule has 0 spiro atoms. The molecule has 0 heterocycles. The summed E-state index contributed by atoms with van der Waals surface area (Å²) in [6.45, 7) is 7.22. The zero-order valence-electron chi connectivity index (χ0n) is 12.4. The van der Waals surface area contributed by atoms with Gasteiger partial charge in [-0.15, -0.1) is 5.73 Å². The van der Waals surface area contributed by atoms with Crippen LogP contribution in [0.5, 0.6) is 0 Å². The number of hydrogen-bond acceptors (Lipinski definition) is 2. The van der Waals surface area contributed by atoms with E-state index in [1.54, 1.807) is 42.5 Å². The fourth-order valence-electron chi connectivity index (χ4n) is 1.91. The maximum absolute atomic E-state index is 12.8. The predicted octanol–water partition coefficient (Wildman–Crippen LogP) is 4.45. The quantitative estimate of drug-likeness (QED) is 0.775. The molecule has 22 heavy (non-hydrogen) atoms. The van der Waals surface area contributed by atoms with E-state index in [4.69, 9.17) is 11.6 Å². The summed E-state index contributed by atoms with van der Waals surface area (Å²) in [6, 6.07) is 11.7. The molecule has 0 saturated heterocycles. The smallest absolute Gasteiger partial charge is 0.234 e. The highest BCUT2D eigenvalue weighted by molar-refractivity contribution is 7.93. The fraction of sp³-hybridized carbons (Fsp3) is 0.118. The van der Waals surface area contributed by atoms with Crippen molar-refractivity contribution in [2.75, 3.05) is 4.31 Å². The first-order valence-electron chi connectivity index (χ1n) is 6.59. The second-order valence-corrected chi connectivity index (χ2v) is 7.10. The lowest BCUT2D eigenvalue weighted by atomic mass is 10.2. The third-order valence-corrected chi connectivity index (χ3v) is 5.31. The molecular formula is C17H16ClNO2S. The second kappa shape index (κ2) is 6.41. The molecule has 5 heteroatoms. The number of halogens is 1. The van der Waals surface area contributed by atoms with Crippen LogP contribution in [0.2, 0.25) is 5.02 Å². The minimum Gasteiger partial charge on any atom is -0.234 e. The van der Waals surface area contributed by atoms with Gasteiger partial charge in [0.2, 0.25) is 0 Å². The first-order valence-corrected chi connectivity index (χ1v) is 8.41. The maximum Gasteiger partial charge on any atom is 0.268 e. The van der Waals surface area contributed by atoms with Crippen molar-refractivity contribution >= 4 is 27.3 Å². The van der Waals surface area contributed by atoms with Crippen LogP contribution in [0.25, 0.3) is 0 Å². The monoisotopic (exact) mass is 333 g/mol. The summed E-state index contributed by atoms with van der Waals surface area (Å²) in [6.07, 6.45) is 1.29. The maximum atomic E-state index is 12.8. The number of benzene rings is 2. The van der Waals surface area contributed by atoms with Gasteiger partial charge in [0.1, 0.15) is 0 Å². The van der Waals surface area contributed by atoms with Gasteiger partial charge in [0, 0.05) is 5.02 Å². The summed E-state index contributed by atoms with van der Waals surface area (Å²) >= 11 is 6.10. The number of sulfonamides is 1. The molecule has 2 rings (SSSR count). The summed E-state index contributed by atoms with van der Waals surface area (Å²) in [7, 11) is -3.75. The number of hydrogen-bond donors (Lipinski definition) is 0. The van der Waals surface area contributed by atoms with Gasteiger partial charge in [-0.2, -0.15) is 0 Å². The Hall–Kier alpha value is -2.00. The molecule has 0 saturated carbocycles. The van der Waals surface area contributed by atoms with E-state index in [0.717, 1.165) is 15.4 Å². The van der Waals surface area contributed by atoms with E-state index in [9.17, 15) is 8.42 Å². The largest absolute Gasteiger partial charge is 0.268 e. The Morgan fingerprint density at radius 2 is 1.77 bits per heavy atom. The molecule has 0 radical (unpaired) electrons. The van der Waals surface area contributed by atoms with Gasteiger partial charge in [-0.1, -0.05) is 41.9 Å². The van der Waals surface area contributed by atoms with Crippen LogP contribution < -0.4 is 4.31 Å². The van der Waals surface area contributed by atoms with Gasteiger partial charge in [-0.25, -0.2) is 12.7 Å². The van der Waals surface area contributed by atoms with Crippen LogP contribution in [0, 0.1) is 13.8 Å². The molecular weight excluding hydrogens is 318 g/mol. The molecule has 0 fully saturated rings. The van der Waals surface area contributed by atoms with Crippen molar-refractivity contribution in [3.05, 3.63) is 77.1 Å². The summed E-state index contributed by atoms with van der Waals surface area (Å²) in [5.41, 5.74) is 4.82. The second-order valence-electron chi connectivity index (χ2n) is 4.88. The van der Waals surface area contributed by atoms with Crippen molar-refractivity contribution in [2.45, 2.75) is 18.7 Å². The Morgan fingerprint density at radius 1 is 1.14 bits per heavy atom. The first kappa shape index (κ1) is 16.4. The first-order chi connectivity index (χ1) is 10.4. The van der Waals surface area contributed by atoms with Crippen molar-refractivity contribution in [2.24, 2.45) is 0 Å². The fourth-order valence-corrected chi connectivity index (χ4v) is 3.39. The Bertz CT molecular complexity index is 835. The lowest BCUT2D eigenvalue weighted by Crippen LogP contribution is -2.25. The van der Waals surface area contributed by atoms with Crippen LogP contribution >= 0.6 is 11.6 Å². The van der Waals surface area contributed by atoms with E-state index in [-0.39, 0.29) is 4.90 Å². The van der Waals surface area contributed by atoms with Gasteiger partial charge in [0.25, 0.3) is 10.0 Å².